The van der Waals surface area contributed by atoms with Crippen LogP contribution in [-0.2, 0) is 23.5 Å². The summed E-state index contributed by atoms with van der Waals surface area (Å²) in [5, 5.41) is 0.0742. The molecule has 1 aliphatic carbocycles. The Kier molecular flexibility index (Phi) is 7.50. The summed E-state index contributed by atoms with van der Waals surface area (Å²) in [7, 11) is -0.618. The van der Waals surface area contributed by atoms with Gasteiger partial charge in [-0.3, -0.25) is 14.4 Å². The quantitative estimate of drug-likeness (QED) is 0.372. The Morgan fingerprint density at radius 2 is 1.96 bits per heavy atom. The predicted octanol–water partition coefficient (Wildman–Crippen LogP) is 3.74. The van der Waals surface area contributed by atoms with Crippen molar-refractivity contribution in [2.75, 3.05) is 7.11 Å². The second-order valence-electron chi connectivity index (χ2n) is 7.90. The third-order valence-electron chi connectivity index (χ3n) is 4.80. The smallest absolute Gasteiger partial charge is 0.305 e. The highest BCUT2D eigenvalue weighted by molar-refractivity contribution is 6.74. The molecule has 1 unspecified atom stereocenters. The molecule has 0 aromatic rings. The summed E-state index contributed by atoms with van der Waals surface area (Å²) in [6, 6.07) is 0. The fourth-order valence-electron chi connectivity index (χ4n) is 2.24. The van der Waals surface area contributed by atoms with Gasteiger partial charge in [-0.05, 0) is 36.7 Å². The van der Waals surface area contributed by atoms with Crippen LogP contribution in [0.15, 0.2) is 23.8 Å². The van der Waals surface area contributed by atoms with Crippen molar-refractivity contribution in [3.63, 3.8) is 0 Å². The molecular formula is C19H30O5Si. The zero-order valence-electron chi connectivity index (χ0n) is 16.2. The van der Waals surface area contributed by atoms with E-state index >= 15 is 0 Å². The molecule has 0 saturated carbocycles. The van der Waals surface area contributed by atoms with E-state index in [1.165, 1.54) is 13.2 Å². The van der Waals surface area contributed by atoms with Crippen molar-refractivity contribution in [1.82, 2.24) is 0 Å². The van der Waals surface area contributed by atoms with Gasteiger partial charge in [0.25, 0.3) is 0 Å². The van der Waals surface area contributed by atoms with Gasteiger partial charge < -0.3 is 9.16 Å². The lowest BCUT2D eigenvalue weighted by Crippen LogP contribution is -2.43. The van der Waals surface area contributed by atoms with Gasteiger partial charge in [0.15, 0.2) is 19.9 Å². The van der Waals surface area contributed by atoms with Crippen LogP contribution in [0.3, 0.4) is 0 Å². The Morgan fingerprint density at radius 1 is 1.32 bits per heavy atom. The minimum atomic E-state index is -1.95. The van der Waals surface area contributed by atoms with Crippen molar-refractivity contribution < 1.29 is 23.5 Å². The third kappa shape index (κ3) is 6.70. The lowest BCUT2D eigenvalue weighted by atomic mass is 10.1. The van der Waals surface area contributed by atoms with Crippen LogP contribution in [0.5, 0.6) is 0 Å². The third-order valence-corrected chi connectivity index (χ3v) is 9.30. The summed E-state index contributed by atoms with van der Waals surface area (Å²) in [5.41, 5.74) is 0.534. The van der Waals surface area contributed by atoms with Crippen LogP contribution in [0.2, 0.25) is 18.1 Å². The van der Waals surface area contributed by atoms with Crippen molar-refractivity contribution in [3.05, 3.63) is 23.8 Å². The maximum absolute atomic E-state index is 12.1. The number of carbonyl (C=O) groups excluding carboxylic acids is 3. The average Bonchev–Trinajstić information content (AvgIpc) is 2.81. The fraction of sp³-hybridized carbons (Fsp3) is 0.632. The number of esters is 1. The number of rotatable bonds is 8. The molecule has 0 saturated heterocycles. The first-order valence-corrected chi connectivity index (χ1v) is 11.5. The largest absolute Gasteiger partial charge is 0.469 e. The van der Waals surface area contributed by atoms with Crippen molar-refractivity contribution in [2.45, 2.75) is 70.7 Å². The minimum absolute atomic E-state index is 0.0139. The Hall–Kier alpha value is -1.53. The van der Waals surface area contributed by atoms with E-state index in [0.717, 1.165) is 0 Å². The van der Waals surface area contributed by atoms with Crippen molar-refractivity contribution in [3.8, 4) is 0 Å². The zero-order chi connectivity index (χ0) is 19.3. The summed E-state index contributed by atoms with van der Waals surface area (Å²) >= 11 is 0. The molecule has 0 fully saturated rings. The number of ether oxygens (including phenoxy) is 1. The Morgan fingerprint density at radius 3 is 2.52 bits per heavy atom. The van der Waals surface area contributed by atoms with Gasteiger partial charge >= 0.3 is 5.97 Å². The Labute approximate surface area is 151 Å². The highest BCUT2D eigenvalue weighted by atomic mass is 28.4. The lowest BCUT2D eigenvalue weighted by molar-refractivity contribution is -0.140. The second kappa shape index (κ2) is 8.72. The van der Waals surface area contributed by atoms with E-state index in [1.807, 2.05) is 6.08 Å². The SMILES string of the molecule is COC(=O)CCC=CC(=O)CC1=CC(O[Si](C)(C)C(C)(C)C)CC1=O. The van der Waals surface area contributed by atoms with Gasteiger partial charge in [0.2, 0.25) is 0 Å². The maximum atomic E-state index is 12.1. The molecule has 0 radical (unpaired) electrons. The number of allylic oxidation sites excluding steroid dienone is 3. The monoisotopic (exact) mass is 366 g/mol. The first-order chi connectivity index (χ1) is 11.5. The second-order valence-corrected chi connectivity index (χ2v) is 12.7. The molecule has 6 heteroatoms. The zero-order valence-corrected chi connectivity index (χ0v) is 17.2. The van der Waals surface area contributed by atoms with Gasteiger partial charge in [-0.25, -0.2) is 0 Å². The molecule has 0 N–H and O–H groups in total. The lowest BCUT2D eigenvalue weighted by Gasteiger charge is -2.37. The molecule has 1 atom stereocenters. The molecule has 1 aliphatic rings. The summed E-state index contributed by atoms with van der Waals surface area (Å²) in [6.45, 7) is 10.8. The molecule has 0 aliphatic heterocycles. The molecular weight excluding hydrogens is 336 g/mol. The minimum Gasteiger partial charge on any atom is -0.469 e. The van der Waals surface area contributed by atoms with E-state index in [-0.39, 0.29) is 41.5 Å². The maximum Gasteiger partial charge on any atom is 0.305 e. The number of methoxy groups -OCH3 is 1. The average molecular weight is 367 g/mol. The number of hydrogen-bond donors (Lipinski definition) is 0. The Bertz CT molecular complexity index is 581. The van der Waals surface area contributed by atoms with Crippen molar-refractivity contribution in [2.24, 2.45) is 0 Å². The van der Waals surface area contributed by atoms with Crippen LogP contribution in [0.1, 0.15) is 46.5 Å². The molecule has 5 nitrogen and oxygen atoms in total. The topological polar surface area (TPSA) is 69.7 Å². The number of hydrogen-bond acceptors (Lipinski definition) is 5. The van der Waals surface area contributed by atoms with E-state index in [4.69, 9.17) is 4.43 Å². The van der Waals surface area contributed by atoms with Crippen LogP contribution in [0, 0.1) is 0 Å². The van der Waals surface area contributed by atoms with Gasteiger partial charge in [-0.1, -0.05) is 26.8 Å². The summed E-state index contributed by atoms with van der Waals surface area (Å²) in [5.74, 6) is -0.464. The van der Waals surface area contributed by atoms with Gasteiger partial charge in [0, 0.05) is 24.8 Å². The number of Topliss-reactive ketones (excluding diaryl/α,β-unsaturated/α-hetero) is 1. The van der Waals surface area contributed by atoms with Gasteiger partial charge in [0.1, 0.15) is 0 Å². The van der Waals surface area contributed by atoms with Gasteiger partial charge in [-0.15, -0.1) is 0 Å². The molecule has 0 spiro atoms. The predicted molar refractivity (Wildman–Crippen MR) is 99.8 cm³/mol. The first-order valence-electron chi connectivity index (χ1n) is 8.64. The first kappa shape index (κ1) is 21.5. The summed E-state index contributed by atoms with van der Waals surface area (Å²) < 4.78 is 10.8. The van der Waals surface area contributed by atoms with Gasteiger partial charge in [-0.2, -0.15) is 0 Å². The molecule has 0 heterocycles. The van der Waals surface area contributed by atoms with E-state index < -0.39 is 8.32 Å². The van der Waals surface area contributed by atoms with Crippen LogP contribution in [0.4, 0.5) is 0 Å². The van der Waals surface area contributed by atoms with E-state index in [2.05, 4.69) is 38.6 Å². The van der Waals surface area contributed by atoms with E-state index in [1.54, 1.807) is 6.08 Å². The number of carbonyl (C=O) groups is 3. The van der Waals surface area contributed by atoms with Gasteiger partial charge in [0.05, 0.1) is 13.2 Å². The van der Waals surface area contributed by atoms with Crippen molar-refractivity contribution >= 4 is 25.9 Å². The molecule has 140 valence electrons. The van der Waals surface area contributed by atoms with Crippen LogP contribution in [0.25, 0.3) is 0 Å². The standard InChI is InChI=1S/C19H30O5Si/c1-19(2,3)25(5,6)24-16-12-14(17(21)13-16)11-15(20)9-7-8-10-18(22)23-4/h7,9,12,16H,8,10-11,13H2,1-6H3. The highest BCUT2D eigenvalue weighted by Gasteiger charge is 2.40. The molecule has 0 aromatic carbocycles. The molecule has 0 amide bonds. The highest BCUT2D eigenvalue weighted by Crippen LogP contribution is 2.38. The summed E-state index contributed by atoms with van der Waals surface area (Å²) in [6.07, 6.45) is 5.75. The van der Waals surface area contributed by atoms with Crippen LogP contribution >= 0.6 is 0 Å². The summed E-state index contributed by atoms with van der Waals surface area (Å²) in [4.78, 5) is 35.1. The van der Waals surface area contributed by atoms with E-state index in [0.29, 0.717) is 18.4 Å². The molecule has 1 rings (SSSR count). The molecule has 0 bridgehead atoms. The number of ketones is 2. The molecule has 25 heavy (non-hydrogen) atoms. The van der Waals surface area contributed by atoms with Crippen molar-refractivity contribution in [1.29, 1.82) is 0 Å². The Balaban J connectivity index is 2.58. The van der Waals surface area contributed by atoms with Crippen LogP contribution < -0.4 is 0 Å². The van der Waals surface area contributed by atoms with E-state index in [9.17, 15) is 14.4 Å². The molecule has 0 aromatic heterocycles. The normalized spacial score (nSPS) is 18.6. The fourth-order valence-corrected chi connectivity index (χ4v) is 3.50. The van der Waals surface area contributed by atoms with Crippen LogP contribution in [-0.4, -0.2) is 39.1 Å².